The summed E-state index contributed by atoms with van der Waals surface area (Å²) in [7, 11) is 0. The largest absolute Gasteiger partial charge is 0.350 e. The van der Waals surface area contributed by atoms with Crippen LogP contribution < -0.4 is 10.6 Å². The molecule has 1 heterocycles. The summed E-state index contributed by atoms with van der Waals surface area (Å²) in [6, 6.07) is 14.4. The van der Waals surface area contributed by atoms with Gasteiger partial charge in [-0.25, -0.2) is 8.78 Å². The molecular formula is C21H17F2N3O2. The van der Waals surface area contributed by atoms with Crippen LogP contribution in [0, 0.1) is 11.6 Å². The fourth-order valence-electron chi connectivity index (χ4n) is 2.53. The van der Waals surface area contributed by atoms with E-state index in [4.69, 9.17) is 0 Å². The highest BCUT2D eigenvalue weighted by Crippen LogP contribution is 2.12. The molecule has 0 bridgehead atoms. The molecule has 2 N–H and O–H groups in total. The van der Waals surface area contributed by atoms with E-state index in [1.165, 1.54) is 48.7 Å². The van der Waals surface area contributed by atoms with Crippen LogP contribution >= 0.6 is 0 Å². The van der Waals surface area contributed by atoms with Crippen LogP contribution in [0.1, 0.15) is 26.4 Å². The van der Waals surface area contributed by atoms with Gasteiger partial charge in [0.05, 0.1) is 0 Å². The summed E-state index contributed by atoms with van der Waals surface area (Å²) in [4.78, 5) is 28.5. The van der Waals surface area contributed by atoms with Gasteiger partial charge in [-0.3, -0.25) is 14.6 Å². The number of nitrogens with one attached hydrogen (secondary N) is 2. The van der Waals surface area contributed by atoms with Crippen LogP contribution in [0.25, 0.3) is 0 Å². The van der Waals surface area contributed by atoms with Gasteiger partial charge in [0.1, 0.15) is 17.3 Å². The predicted octanol–water partition coefficient (Wildman–Crippen LogP) is 3.58. The van der Waals surface area contributed by atoms with Gasteiger partial charge in [0.25, 0.3) is 11.8 Å². The molecule has 1 aromatic heterocycles. The Bertz CT molecular complexity index is 991. The summed E-state index contributed by atoms with van der Waals surface area (Å²) in [6.07, 6.45) is 1.89. The zero-order valence-electron chi connectivity index (χ0n) is 14.8. The topological polar surface area (TPSA) is 71.1 Å². The van der Waals surface area contributed by atoms with Crippen molar-refractivity contribution >= 4 is 17.5 Å². The lowest BCUT2D eigenvalue weighted by molar-refractivity contribution is 0.0949. The molecule has 0 atom stereocenters. The number of halogens is 2. The molecule has 2 amide bonds. The van der Waals surface area contributed by atoms with E-state index in [9.17, 15) is 18.4 Å². The van der Waals surface area contributed by atoms with Gasteiger partial charge in [-0.15, -0.1) is 0 Å². The lowest BCUT2D eigenvalue weighted by Gasteiger charge is -2.08. The Balaban J connectivity index is 1.59. The third-order valence-corrected chi connectivity index (χ3v) is 3.95. The van der Waals surface area contributed by atoms with Crippen molar-refractivity contribution in [3.63, 3.8) is 0 Å². The molecular weight excluding hydrogens is 364 g/mol. The summed E-state index contributed by atoms with van der Waals surface area (Å²) >= 11 is 0. The SMILES string of the molecule is O=C(Nc1cccc(F)c1)c1ccnc(C(=O)NCCc2ccc(F)cc2)c1. The maximum Gasteiger partial charge on any atom is 0.269 e. The number of carbonyl (C=O) groups is 2. The maximum absolute atomic E-state index is 13.2. The van der Waals surface area contributed by atoms with E-state index in [2.05, 4.69) is 15.6 Å². The molecule has 2 aromatic carbocycles. The monoisotopic (exact) mass is 381 g/mol. The summed E-state index contributed by atoms with van der Waals surface area (Å²) in [5, 5.41) is 5.27. The Hall–Kier alpha value is -3.61. The van der Waals surface area contributed by atoms with Crippen LogP contribution in [0.3, 0.4) is 0 Å². The van der Waals surface area contributed by atoms with Crippen molar-refractivity contribution < 1.29 is 18.4 Å². The highest BCUT2D eigenvalue weighted by molar-refractivity contribution is 6.05. The van der Waals surface area contributed by atoms with Gasteiger partial charge in [0.15, 0.2) is 0 Å². The van der Waals surface area contributed by atoms with E-state index in [0.717, 1.165) is 5.56 Å². The van der Waals surface area contributed by atoms with Gasteiger partial charge in [-0.05, 0) is 54.4 Å². The average Bonchev–Trinajstić information content (AvgIpc) is 2.69. The number of nitrogens with zero attached hydrogens (tertiary/aromatic N) is 1. The minimum absolute atomic E-state index is 0.0889. The molecule has 3 rings (SSSR count). The first-order valence-corrected chi connectivity index (χ1v) is 8.57. The normalized spacial score (nSPS) is 10.4. The summed E-state index contributed by atoms with van der Waals surface area (Å²) in [6.45, 7) is 0.339. The predicted molar refractivity (Wildman–Crippen MR) is 101 cm³/mol. The van der Waals surface area contributed by atoms with Crippen molar-refractivity contribution in [3.8, 4) is 0 Å². The van der Waals surface area contributed by atoms with Crippen molar-refractivity contribution in [3.05, 3.63) is 95.3 Å². The van der Waals surface area contributed by atoms with Gasteiger partial charge < -0.3 is 10.6 Å². The fraction of sp³-hybridized carbons (Fsp3) is 0.0952. The number of benzene rings is 2. The Labute approximate surface area is 160 Å². The lowest BCUT2D eigenvalue weighted by atomic mass is 10.1. The number of hydrogen-bond acceptors (Lipinski definition) is 3. The van der Waals surface area contributed by atoms with Gasteiger partial charge in [0, 0.05) is 24.0 Å². The van der Waals surface area contributed by atoms with E-state index in [1.807, 2.05) is 0 Å². The third kappa shape index (κ3) is 5.20. The second-order valence-corrected chi connectivity index (χ2v) is 6.03. The summed E-state index contributed by atoms with van der Waals surface area (Å²) < 4.78 is 26.1. The summed E-state index contributed by atoms with van der Waals surface area (Å²) in [5.74, 6) is -1.69. The summed E-state index contributed by atoms with van der Waals surface area (Å²) in [5.41, 5.74) is 1.51. The number of carbonyl (C=O) groups excluding carboxylic acids is 2. The van der Waals surface area contributed by atoms with E-state index in [1.54, 1.807) is 18.2 Å². The minimum atomic E-state index is -0.478. The molecule has 0 fully saturated rings. The molecule has 0 saturated carbocycles. The molecule has 0 aliphatic rings. The fourth-order valence-corrected chi connectivity index (χ4v) is 2.53. The molecule has 7 heteroatoms. The molecule has 142 valence electrons. The standard InChI is InChI=1S/C21H17F2N3O2/c22-16-6-4-14(5-7-16)8-10-25-21(28)19-12-15(9-11-24-19)20(27)26-18-3-1-2-17(23)13-18/h1-7,9,11-13H,8,10H2,(H,25,28)(H,26,27). The van der Waals surface area contributed by atoms with Crippen molar-refractivity contribution in [2.75, 3.05) is 11.9 Å². The van der Waals surface area contributed by atoms with Crippen LogP contribution in [0.5, 0.6) is 0 Å². The van der Waals surface area contributed by atoms with Gasteiger partial charge in [0.2, 0.25) is 0 Å². The van der Waals surface area contributed by atoms with Crippen molar-refractivity contribution in [1.82, 2.24) is 10.3 Å². The van der Waals surface area contributed by atoms with Crippen LogP contribution in [0.4, 0.5) is 14.5 Å². The molecule has 0 aliphatic heterocycles. The molecule has 0 aliphatic carbocycles. The molecule has 0 saturated heterocycles. The number of rotatable bonds is 6. The van der Waals surface area contributed by atoms with Gasteiger partial charge >= 0.3 is 0 Å². The number of aromatic nitrogens is 1. The van der Waals surface area contributed by atoms with Crippen LogP contribution in [-0.2, 0) is 6.42 Å². The zero-order valence-corrected chi connectivity index (χ0v) is 14.8. The Morgan fingerprint density at radius 2 is 1.68 bits per heavy atom. The smallest absolute Gasteiger partial charge is 0.269 e. The van der Waals surface area contributed by atoms with Gasteiger partial charge in [-0.1, -0.05) is 18.2 Å². The first-order valence-electron chi connectivity index (χ1n) is 8.57. The molecule has 28 heavy (non-hydrogen) atoms. The maximum atomic E-state index is 13.2. The quantitative estimate of drug-likeness (QED) is 0.686. The van der Waals surface area contributed by atoms with Crippen LogP contribution in [-0.4, -0.2) is 23.3 Å². The highest BCUT2D eigenvalue weighted by atomic mass is 19.1. The van der Waals surface area contributed by atoms with Crippen molar-refractivity contribution in [2.45, 2.75) is 6.42 Å². The number of pyridine rings is 1. The molecule has 0 radical (unpaired) electrons. The molecule has 0 unspecified atom stereocenters. The van der Waals surface area contributed by atoms with Crippen LogP contribution in [0.15, 0.2) is 66.9 Å². The van der Waals surface area contributed by atoms with Crippen molar-refractivity contribution in [1.29, 1.82) is 0 Å². The number of hydrogen-bond donors (Lipinski definition) is 2. The first-order chi connectivity index (χ1) is 13.5. The molecule has 5 nitrogen and oxygen atoms in total. The lowest BCUT2D eigenvalue weighted by Crippen LogP contribution is -2.27. The van der Waals surface area contributed by atoms with E-state index < -0.39 is 17.6 Å². The minimum Gasteiger partial charge on any atom is -0.350 e. The Morgan fingerprint density at radius 3 is 2.43 bits per heavy atom. The van der Waals surface area contributed by atoms with E-state index in [-0.39, 0.29) is 17.1 Å². The third-order valence-electron chi connectivity index (χ3n) is 3.95. The average molecular weight is 381 g/mol. The van der Waals surface area contributed by atoms with Gasteiger partial charge in [-0.2, -0.15) is 0 Å². The number of amides is 2. The zero-order chi connectivity index (χ0) is 19.9. The number of anilines is 1. The van der Waals surface area contributed by atoms with E-state index >= 15 is 0 Å². The Morgan fingerprint density at radius 1 is 0.893 bits per heavy atom. The second-order valence-electron chi connectivity index (χ2n) is 6.03. The Kier molecular flexibility index (Phi) is 6.06. The molecule has 3 aromatic rings. The highest BCUT2D eigenvalue weighted by Gasteiger charge is 2.12. The molecule has 0 spiro atoms. The second kappa shape index (κ2) is 8.85. The van der Waals surface area contributed by atoms with Crippen molar-refractivity contribution in [2.24, 2.45) is 0 Å². The van der Waals surface area contributed by atoms with E-state index in [0.29, 0.717) is 18.7 Å². The first kappa shape index (κ1) is 19.2. The van der Waals surface area contributed by atoms with Crippen LogP contribution in [0.2, 0.25) is 0 Å².